The van der Waals surface area contributed by atoms with Crippen molar-refractivity contribution >= 4 is 5.91 Å². The summed E-state index contributed by atoms with van der Waals surface area (Å²) in [7, 11) is 0. The van der Waals surface area contributed by atoms with Gasteiger partial charge in [0, 0.05) is 41.4 Å². The molecular formula is C81H104F3N5O4. The lowest BCUT2D eigenvalue weighted by Crippen LogP contribution is -2.44. The number of nitrogens with two attached hydrogens (primary N) is 1. The van der Waals surface area contributed by atoms with Gasteiger partial charge in [0.2, 0.25) is 5.91 Å². The molecule has 0 unspecified atom stereocenters. The van der Waals surface area contributed by atoms with E-state index in [9.17, 15) is 38.5 Å². The highest BCUT2D eigenvalue weighted by Gasteiger charge is 2.44. The molecule has 3 aliphatic heterocycles. The van der Waals surface area contributed by atoms with Gasteiger partial charge in [-0.25, -0.2) is 13.2 Å². The molecule has 5 N–H and O–H groups in total. The third kappa shape index (κ3) is 15.9. The van der Waals surface area contributed by atoms with E-state index < -0.39 is 28.5 Å². The summed E-state index contributed by atoms with van der Waals surface area (Å²) in [5.41, 5.74) is 12.9. The van der Waals surface area contributed by atoms with Gasteiger partial charge in [0.25, 0.3) is 0 Å². The van der Waals surface area contributed by atoms with Gasteiger partial charge < -0.3 is 35.8 Å². The molecule has 3 aliphatic carbocycles. The van der Waals surface area contributed by atoms with Crippen LogP contribution in [-0.4, -0.2) is 94.8 Å². The van der Waals surface area contributed by atoms with Crippen molar-refractivity contribution < 1.29 is 33.3 Å². The van der Waals surface area contributed by atoms with Gasteiger partial charge in [-0.2, -0.15) is 5.26 Å². The van der Waals surface area contributed by atoms with Crippen molar-refractivity contribution in [2.75, 3.05) is 58.9 Å². The minimum atomic E-state index is -0.836. The van der Waals surface area contributed by atoms with Gasteiger partial charge in [0.15, 0.2) is 0 Å². The first kappa shape index (κ1) is 69.7. The largest absolute Gasteiger partial charge is 0.385 e. The van der Waals surface area contributed by atoms with Gasteiger partial charge in [-0.1, -0.05) is 120 Å². The highest BCUT2D eigenvalue weighted by Crippen LogP contribution is 2.48. The van der Waals surface area contributed by atoms with Gasteiger partial charge in [-0.3, -0.25) is 4.79 Å². The van der Waals surface area contributed by atoms with E-state index in [1.165, 1.54) is 69.3 Å². The summed E-state index contributed by atoms with van der Waals surface area (Å²) in [6.45, 7) is 23.5. The number of hydrogen-bond acceptors (Lipinski definition) is 8. The van der Waals surface area contributed by atoms with E-state index in [0.717, 1.165) is 152 Å². The Balaban J connectivity index is 0.000000153. The summed E-state index contributed by atoms with van der Waals surface area (Å²) in [5, 5.41) is 42.2. The Kier molecular flexibility index (Phi) is 22.1. The number of aryl methyl sites for hydroxylation is 1. The number of primary amides is 1. The van der Waals surface area contributed by atoms with Crippen molar-refractivity contribution in [3.05, 3.63) is 212 Å². The van der Waals surface area contributed by atoms with Crippen molar-refractivity contribution in [1.82, 2.24) is 14.7 Å². The van der Waals surface area contributed by atoms with Crippen LogP contribution in [0.15, 0.2) is 127 Å². The van der Waals surface area contributed by atoms with Crippen LogP contribution in [0.3, 0.4) is 0 Å². The smallest absolute Gasteiger partial charge is 0.248 e. The van der Waals surface area contributed by atoms with Crippen LogP contribution in [0.4, 0.5) is 13.2 Å². The SMILES string of the molecule is CCC(O)(CC)c1ccc(C2(c3cc(C)cc(F)c3)CCN(CC3CC3)CC2)cc1.CCC(O)(CC)c1ccc(C2(c3cc(F)cc(C#N)c3)CCN(CC3CC3)CC2)cc1.CCC(O)(CC)c1ccc(C2(c3cc(F)cc(C(N)=O)c3)CCN(CC3CC3)CC2)cc1. The highest BCUT2D eigenvalue weighted by molar-refractivity contribution is 5.93. The first-order valence-electron chi connectivity index (χ1n) is 35.4. The van der Waals surface area contributed by atoms with Gasteiger partial charge in [-0.05, 0) is 284 Å². The maximum Gasteiger partial charge on any atom is 0.248 e. The van der Waals surface area contributed by atoms with Crippen LogP contribution < -0.4 is 5.73 Å². The molecule has 1 amide bonds. The molecule has 0 bridgehead atoms. The second-order valence-electron chi connectivity index (χ2n) is 28.9. The molecule has 12 rings (SSSR count). The minimum absolute atomic E-state index is 0.146. The average Bonchev–Trinajstić information content (AvgIpc) is 1.66. The normalized spacial score (nSPS) is 19.4. The van der Waals surface area contributed by atoms with Crippen molar-refractivity contribution in [2.24, 2.45) is 23.5 Å². The number of nitriles is 1. The number of amides is 1. The Bertz CT molecular complexity index is 3480. The van der Waals surface area contributed by atoms with Crippen LogP contribution in [0.25, 0.3) is 0 Å². The zero-order valence-corrected chi connectivity index (χ0v) is 56.7. The van der Waals surface area contributed by atoms with Crippen LogP contribution in [0.1, 0.15) is 229 Å². The quantitative estimate of drug-likeness (QED) is 0.0527. The van der Waals surface area contributed by atoms with Gasteiger partial charge in [0.05, 0.1) is 28.4 Å². The Morgan fingerprint density at radius 2 is 0.742 bits per heavy atom. The number of nitrogens with zero attached hydrogens (tertiary/aromatic N) is 4. The molecule has 0 aromatic heterocycles. The number of aliphatic hydroxyl groups is 3. The van der Waals surface area contributed by atoms with Crippen LogP contribution in [-0.2, 0) is 33.0 Å². The van der Waals surface area contributed by atoms with E-state index in [4.69, 9.17) is 5.73 Å². The third-order valence-corrected chi connectivity index (χ3v) is 23.1. The molecule has 3 saturated heterocycles. The van der Waals surface area contributed by atoms with Crippen molar-refractivity contribution in [3.8, 4) is 6.07 Å². The molecule has 0 radical (unpaired) electrons. The van der Waals surface area contributed by atoms with Gasteiger partial charge in [-0.15, -0.1) is 0 Å². The summed E-state index contributed by atoms with van der Waals surface area (Å²) in [6.07, 6.45) is 17.7. The Hall–Kier alpha value is -6.17. The fourth-order valence-corrected chi connectivity index (χ4v) is 15.8. The van der Waals surface area contributed by atoms with Crippen molar-refractivity contribution in [3.63, 3.8) is 0 Å². The molecule has 93 heavy (non-hydrogen) atoms. The molecule has 9 nitrogen and oxygen atoms in total. The number of rotatable bonds is 22. The minimum Gasteiger partial charge on any atom is -0.385 e. The molecule has 498 valence electrons. The van der Waals surface area contributed by atoms with Crippen LogP contribution >= 0.6 is 0 Å². The Morgan fingerprint density at radius 1 is 0.452 bits per heavy atom. The first-order valence-corrected chi connectivity index (χ1v) is 35.4. The molecule has 3 saturated carbocycles. The van der Waals surface area contributed by atoms with E-state index in [2.05, 4.69) is 75.4 Å². The number of halogens is 3. The van der Waals surface area contributed by atoms with Crippen LogP contribution in [0.2, 0.25) is 0 Å². The number of piperidine rings is 3. The average molecular weight is 1270 g/mol. The molecule has 6 aromatic rings. The van der Waals surface area contributed by atoms with E-state index >= 15 is 0 Å². The Labute approximate surface area is 553 Å². The number of likely N-dealkylation sites (tertiary alicyclic amines) is 3. The summed E-state index contributed by atoms with van der Waals surface area (Å²) in [5.74, 6) is 1.04. The zero-order valence-electron chi connectivity index (χ0n) is 56.7. The molecule has 6 fully saturated rings. The highest BCUT2D eigenvalue weighted by atomic mass is 19.1. The standard InChI is InChI=1S/C27H35FN2O2.C27H33FN2O.C27H36FNO/c1-3-27(32,4-2)22-9-7-21(8-10-22)26(11-13-30(14-12-26)18-19-5-6-19)23-15-20(25(29)31)16-24(28)17-23;1-3-27(31,4-2)23-9-7-22(8-10-23)26(24-15-21(18-29)16-25(28)17-24)11-13-30(14-12-26)19-20-5-6-20;1-4-27(30,5-2)23-10-8-22(9-11-23)26(24-16-20(3)17-25(28)18-24)12-14-29(15-13-26)19-21-6-7-21/h7-10,15-17,19,32H,3-6,11-14,18H2,1-2H3,(H2,29,31);7-10,15-17,20,31H,3-6,11-14,19H2,1-2H3;8-11,16-18,21,30H,4-7,12-15,19H2,1-3H3. The van der Waals surface area contributed by atoms with Gasteiger partial charge in [0.1, 0.15) is 17.5 Å². The summed E-state index contributed by atoms with van der Waals surface area (Å²) < 4.78 is 43.4. The van der Waals surface area contributed by atoms with Crippen molar-refractivity contribution in [2.45, 2.75) is 197 Å². The molecule has 6 aliphatic rings. The maximum absolute atomic E-state index is 14.5. The topological polar surface area (TPSA) is 137 Å². The number of carbonyl (C=O) groups excluding carboxylic acids is 1. The zero-order chi connectivity index (χ0) is 66.3. The number of benzene rings is 6. The second kappa shape index (κ2) is 29.4. The molecule has 12 heteroatoms. The van der Waals surface area contributed by atoms with E-state index in [1.807, 2.05) is 78.8 Å². The monoisotopic (exact) mass is 1270 g/mol. The fraction of sp³-hybridized carbons (Fsp3) is 0.531. The summed E-state index contributed by atoms with van der Waals surface area (Å²) in [6, 6.07) is 42.0. The second-order valence-corrected chi connectivity index (χ2v) is 28.9. The lowest BCUT2D eigenvalue weighted by atomic mass is 9.67. The predicted molar refractivity (Wildman–Crippen MR) is 367 cm³/mol. The molecular weight excluding hydrogens is 1160 g/mol. The van der Waals surface area contributed by atoms with Crippen LogP contribution in [0.5, 0.6) is 0 Å². The summed E-state index contributed by atoms with van der Waals surface area (Å²) in [4.78, 5) is 19.5. The molecule has 0 atom stereocenters. The van der Waals surface area contributed by atoms with Crippen LogP contribution in [0, 0.1) is 53.5 Å². The van der Waals surface area contributed by atoms with E-state index in [0.29, 0.717) is 44.1 Å². The molecule has 3 heterocycles. The number of hydrogen-bond donors (Lipinski definition) is 4. The maximum atomic E-state index is 14.5. The Morgan fingerprint density at radius 3 is 1.02 bits per heavy atom. The van der Waals surface area contributed by atoms with Crippen molar-refractivity contribution in [1.29, 1.82) is 5.26 Å². The fourth-order valence-electron chi connectivity index (χ4n) is 15.8. The van der Waals surface area contributed by atoms with E-state index in [-0.39, 0.29) is 33.4 Å². The first-order chi connectivity index (χ1) is 44.6. The molecule has 0 spiro atoms. The van der Waals surface area contributed by atoms with E-state index in [1.54, 1.807) is 30.3 Å². The number of carbonyl (C=O) groups is 1. The van der Waals surface area contributed by atoms with Gasteiger partial charge >= 0.3 is 0 Å². The molecule has 6 aromatic carbocycles. The summed E-state index contributed by atoms with van der Waals surface area (Å²) >= 11 is 0. The lowest BCUT2D eigenvalue weighted by molar-refractivity contribution is 0.0280. The third-order valence-electron chi connectivity index (χ3n) is 23.1. The predicted octanol–water partition coefficient (Wildman–Crippen LogP) is 16.2. The lowest BCUT2D eigenvalue weighted by Gasteiger charge is -2.43.